The third-order valence-corrected chi connectivity index (χ3v) is 16.9. The second-order valence-corrected chi connectivity index (χ2v) is 21.0. The second kappa shape index (κ2) is 14.3. The molecule has 54 heavy (non-hydrogen) atoms. The molecule has 0 aliphatic heterocycles. The van der Waals surface area contributed by atoms with E-state index >= 15 is 0 Å². The number of aliphatic carboxylic acids is 1. The summed E-state index contributed by atoms with van der Waals surface area (Å²) in [6.07, 6.45) is 7.20. The Kier molecular flexibility index (Phi) is 11.0. The highest BCUT2D eigenvalue weighted by Gasteiger charge is 2.70. The number of carbonyl (C=O) groups is 3. The zero-order valence-electron chi connectivity index (χ0n) is 34.8. The molecule has 4 saturated carbocycles. The molecular formula is C46H68ClNO6. The van der Waals surface area contributed by atoms with Crippen LogP contribution in [0.3, 0.4) is 0 Å². The Bertz CT molecular complexity index is 1680. The van der Waals surface area contributed by atoms with Gasteiger partial charge in [0.2, 0.25) is 0 Å². The largest absolute Gasteiger partial charge is 0.481 e. The lowest BCUT2D eigenvalue weighted by Gasteiger charge is -2.72. The highest BCUT2D eigenvalue weighted by molar-refractivity contribution is 6.30. The molecular weight excluding hydrogens is 698 g/mol. The number of aliphatic hydroxyl groups is 1. The fourth-order valence-electron chi connectivity index (χ4n) is 13.5. The van der Waals surface area contributed by atoms with Crippen LogP contribution in [0.2, 0.25) is 5.02 Å². The first kappa shape index (κ1) is 41.4. The Morgan fingerprint density at radius 2 is 1.69 bits per heavy atom. The van der Waals surface area contributed by atoms with Gasteiger partial charge in [-0.3, -0.25) is 19.3 Å². The third-order valence-electron chi connectivity index (χ3n) is 16.7. The lowest BCUT2D eigenvalue weighted by atomic mass is 9.33. The van der Waals surface area contributed by atoms with Gasteiger partial charge in [0.25, 0.3) is 0 Å². The molecule has 5 aliphatic rings. The van der Waals surface area contributed by atoms with Crippen LogP contribution in [0.25, 0.3) is 0 Å². The number of benzene rings is 1. The summed E-state index contributed by atoms with van der Waals surface area (Å²) in [5.41, 5.74) is 1.56. The third kappa shape index (κ3) is 6.52. The van der Waals surface area contributed by atoms with E-state index in [1.165, 1.54) is 5.57 Å². The van der Waals surface area contributed by atoms with Crippen LogP contribution in [-0.2, 0) is 25.7 Å². The number of esters is 1. The van der Waals surface area contributed by atoms with E-state index in [1.54, 1.807) is 13.8 Å². The summed E-state index contributed by atoms with van der Waals surface area (Å²) in [5, 5.41) is 22.8. The van der Waals surface area contributed by atoms with Gasteiger partial charge in [-0.2, -0.15) is 0 Å². The molecule has 0 radical (unpaired) electrons. The fraction of sp³-hybridized carbons (Fsp3) is 0.761. The van der Waals surface area contributed by atoms with Gasteiger partial charge in [-0.05, 0) is 135 Å². The monoisotopic (exact) mass is 765 g/mol. The number of likely N-dealkylation sites (N-methyl/N-ethyl adjacent to an activating group) is 1. The Morgan fingerprint density at radius 3 is 2.31 bits per heavy atom. The van der Waals surface area contributed by atoms with Crippen LogP contribution in [0.5, 0.6) is 0 Å². The highest BCUT2D eigenvalue weighted by atomic mass is 35.5. The predicted molar refractivity (Wildman–Crippen MR) is 214 cm³/mol. The zero-order valence-corrected chi connectivity index (χ0v) is 35.6. The normalized spacial score (nSPS) is 36.7. The van der Waals surface area contributed by atoms with Crippen LogP contribution < -0.4 is 0 Å². The van der Waals surface area contributed by atoms with Crippen molar-refractivity contribution in [2.75, 3.05) is 13.1 Å². The van der Waals surface area contributed by atoms with E-state index in [0.717, 1.165) is 69.0 Å². The molecule has 1 aromatic rings. The van der Waals surface area contributed by atoms with E-state index in [0.29, 0.717) is 36.4 Å². The minimum absolute atomic E-state index is 0.0195. The molecule has 0 heterocycles. The maximum atomic E-state index is 14.2. The minimum Gasteiger partial charge on any atom is -0.481 e. The lowest BCUT2D eigenvalue weighted by Crippen LogP contribution is -2.66. The van der Waals surface area contributed by atoms with E-state index in [9.17, 15) is 24.6 Å². The Balaban J connectivity index is 1.28. The molecule has 2 N–H and O–H groups in total. The number of Topliss-reactive ketones (excluding diaryl/α,β-unsaturated/α-hetero) is 1. The first-order chi connectivity index (χ1) is 25.1. The quantitative estimate of drug-likeness (QED) is 0.216. The number of rotatable bonds is 11. The Labute approximate surface area is 330 Å². The molecule has 0 amide bonds. The molecule has 4 fully saturated rings. The molecule has 1 aromatic carbocycles. The number of ketones is 1. The summed E-state index contributed by atoms with van der Waals surface area (Å²) in [6, 6.07) is 7.96. The number of hydrogen-bond acceptors (Lipinski definition) is 6. The standard InChI is InChI=1S/C46H68ClNO6/c1-11-48(26-29-13-12-14-30(47)23-29)27-35(50)46-22-21-44(9)31(39(46)38(28(2)3)32(49)24-46)15-16-34-43(8)19-18-36(54-37(51)25-41(4,5)40(52)53)42(6,7)33(43)17-20-45(34,44)10/h12-14,23,28,31,33-36,50H,11,15-22,24-27H2,1-10H3,(H,52,53)/t31-,33+,34-,35?,36+,43+,44-,45-,46+/m1/s1. The van der Waals surface area contributed by atoms with Gasteiger partial charge < -0.3 is 14.9 Å². The molecule has 0 bridgehead atoms. The number of carboxylic acids is 1. The van der Waals surface area contributed by atoms with Crippen molar-refractivity contribution in [2.45, 2.75) is 152 Å². The Morgan fingerprint density at radius 1 is 0.981 bits per heavy atom. The molecule has 7 nitrogen and oxygen atoms in total. The first-order valence-corrected chi connectivity index (χ1v) is 21.3. The average molecular weight is 767 g/mol. The van der Waals surface area contributed by atoms with E-state index in [1.807, 2.05) is 18.2 Å². The maximum Gasteiger partial charge on any atom is 0.309 e. The maximum absolute atomic E-state index is 14.2. The van der Waals surface area contributed by atoms with Crippen LogP contribution in [0.1, 0.15) is 139 Å². The van der Waals surface area contributed by atoms with Crippen LogP contribution in [-0.4, -0.2) is 58.1 Å². The predicted octanol–water partition coefficient (Wildman–Crippen LogP) is 9.92. The van der Waals surface area contributed by atoms with Gasteiger partial charge in [0.05, 0.1) is 17.9 Å². The van der Waals surface area contributed by atoms with Gasteiger partial charge in [-0.15, -0.1) is 0 Å². The van der Waals surface area contributed by atoms with Gasteiger partial charge in [0.1, 0.15) is 6.10 Å². The van der Waals surface area contributed by atoms with Gasteiger partial charge in [-0.25, -0.2) is 0 Å². The van der Waals surface area contributed by atoms with Crippen molar-refractivity contribution in [3.05, 3.63) is 46.0 Å². The van der Waals surface area contributed by atoms with Gasteiger partial charge in [0, 0.05) is 35.4 Å². The second-order valence-electron chi connectivity index (χ2n) is 20.5. The summed E-state index contributed by atoms with van der Waals surface area (Å²) in [5.74, 6) is 0.0361. The number of carboxylic acid groups (broad SMARTS) is 1. The topological polar surface area (TPSA) is 104 Å². The smallest absolute Gasteiger partial charge is 0.309 e. The number of allylic oxidation sites excluding steroid dienone is 1. The molecule has 8 heteroatoms. The van der Waals surface area contributed by atoms with Gasteiger partial charge in [0.15, 0.2) is 5.78 Å². The van der Waals surface area contributed by atoms with Crippen LogP contribution in [0, 0.1) is 56.2 Å². The molecule has 1 unspecified atom stereocenters. The number of fused-ring (bicyclic) bond motifs is 7. The van der Waals surface area contributed by atoms with E-state index < -0.39 is 28.9 Å². The molecule has 5 aliphatic carbocycles. The van der Waals surface area contributed by atoms with Crippen LogP contribution >= 0.6 is 11.6 Å². The Hall–Kier alpha value is -2.22. The lowest BCUT2D eigenvalue weighted by molar-refractivity contribution is -0.235. The van der Waals surface area contributed by atoms with Crippen LogP contribution in [0.4, 0.5) is 0 Å². The number of hydrogen-bond donors (Lipinski definition) is 2. The average Bonchev–Trinajstić information content (AvgIpc) is 3.39. The summed E-state index contributed by atoms with van der Waals surface area (Å²) in [7, 11) is 0. The molecule has 0 saturated heterocycles. The van der Waals surface area contributed by atoms with E-state index in [-0.39, 0.29) is 51.8 Å². The number of ether oxygens (including phenoxy) is 1. The molecule has 6 rings (SSSR count). The van der Waals surface area contributed by atoms with Gasteiger partial charge >= 0.3 is 11.9 Å². The summed E-state index contributed by atoms with van der Waals surface area (Å²) < 4.78 is 6.18. The van der Waals surface area contributed by atoms with Gasteiger partial charge in [-0.1, -0.05) is 84.7 Å². The van der Waals surface area contributed by atoms with E-state index in [2.05, 4.69) is 66.4 Å². The molecule has 9 atom stereocenters. The molecule has 0 spiro atoms. The van der Waals surface area contributed by atoms with Crippen LogP contribution in [0.15, 0.2) is 35.4 Å². The van der Waals surface area contributed by atoms with Crippen molar-refractivity contribution in [2.24, 2.45) is 56.2 Å². The summed E-state index contributed by atoms with van der Waals surface area (Å²) in [4.78, 5) is 41.4. The van der Waals surface area contributed by atoms with Crippen molar-refractivity contribution in [3.63, 3.8) is 0 Å². The number of carbonyl (C=O) groups excluding carboxylic acids is 2. The molecule has 300 valence electrons. The SMILES string of the molecule is CCN(Cc1cccc(Cl)c1)CC(O)[C@@]12CC[C@]3(C)[C@H](CC[C@@H]4[C@@]5(C)CC[C@H](OC(=O)CC(C)(C)C(=O)O)C(C)(C)[C@@H]5CC[C@]43C)C1=C(C(C)C)C(=O)C2. The number of halogens is 1. The van der Waals surface area contributed by atoms with E-state index in [4.69, 9.17) is 16.3 Å². The van der Waals surface area contributed by atoms with Crippen molar-refractivity contribution in [3.8, 4) is 0 Å². The fourth-order valence-corrected chi connectivity index (χ4v) is 13.7. The minimum atomic E-state index is -1.17. The highest BCUT2D eigenvalue weighted by Crippen LogP contribution is 2.77. The van der Waals surface area contributed by atoms with Crippen molar-refractivity contribution in [1.82, 2.24) is 4.90 Å². The van der Waals surface area contributed by atoms with Crippen molar-refractivity contribution in [1.29, 1.82) is 0 Å². The zero-order chi connectivity index (χ0) is 39.8. The summed E-state index contributed by atoms with van der Waals surface area (Å²) >= 11 is 6.34. The first-order valence-electron chi connectivity index (χ1n) is 20.9. The summed E-state index contributed by atoms with van der Waals surface area (Å²) in [6.45, 7) is 23.8. The number of aliphatic hydroxyl groups excluding tert-OH is 1. The number of nitrogens with zero attached hydrogens (tertiary/aromatic N) is 1. The molecule has 0 aromatic heterocycles. The van der Waals surface area contributed by atoms with Crippen molar-refractivity contribution < 1.29 is 29.3 Å². The van der Waals surface area contributed by atoms with Crippen molar-refractivity contribution >= 4 is 29.3 Å².